The van der Waals surface area contributed by atoms with Crippen LogP contribution in [0, 0.1) is 5.82 Å². The van der Waals surface area contributed by atoms with Gasteiger partial charge < -0.3 is 5.32 Å². The average Bonchev–Trinajstić information content (AvgIpc) is 2.26. The number of rotatable bonds is 0. The lowest BCUT2D eigenvalue weighted by atomic mass is 10.3. The highest BCUT2D eigenvalue weighted by Crippen LogP contribution is 2.42. The van der Waals surface area contributed by atoms with E-state index in [9.17, 15) is 4.39 Å². The van der Waals surface area contributed by atoms with Crippen molar-refractivity contribution >= 4 is 23.3 Å². The Morgan fingerprint density at radius 2 is 2.13 bits per heavy atom. The number of benzene rings is 1. The molecule has 0 saturated carbocycles. The van der Waals surface area contributed by atoms with Crippen molar-refractivity contribution in [2.45, 2.75) is 9.79 Å². The van der Waals surface area contributed by atoms with Gasteiger partial charge in [0.25, 0.3) is 0 Å². The van der Waals surface area contributed by atoms with Crippen LogP contribution in [0.1, 0.15) is 0 Å². The summed E-state index contributed by atoms with van der Waals surface area (Å²) in [5.41, 5.74) is 0.784. The summed E-state index contributed by atoms with van der Waals surface area (Å²) in [7, 11) is 0. The Morgan fingerprint density at radius 1 is 1.20 bits per heavy atom. The molecule has 0 radical (unpaired) electrons. The quantitative estimate of drug-likeness (QED) is 0.625. The smallest absolute Gasteiger partial charge is 0.144 e. The molecule has 0 aliphatic carbocycles. The SMILES string of the molecule is Fc1ccc2c(c1)Nc1ncccc1S2. The van der Waals surface area contributed by atoms with E-state index in [1.807, 2.05) is 12.1 Å². The van der Waals surface area contributed by atoms with Gasteiger partial charge in [0, 0.05) is 11.1 Å². The first-order chi connectivity index (χ1) is 7.33. The van der Waals surface area contributed by atoms with Crippen molar-refractivity contribution in [3.63, 3.8) is 0 Å². The van der Waals surface area contributed by atoms with Crippen molar-refractivity contribution in [1.82, 2.24) is 4.98 Å². The van der Waals surface area contributed by atoms with Gasteiger partial charge in [-0.3, -0.25) is 0 Å². The highest BCUT2D eigenvalue weighted by atomic mass is 32.2. The number of halogens is 1. The highest BCUT2D eigenvalue weighted by Gasteiger charge is 2.16. The maximum atomic E-state index is 13.0. The monoisotopic (exact) mass is 218 g/mol. The number of anilines is 2. The van der Waals surface area contributed by atoms with Gasteiger partial charge in [0.05, 0.1) is 10.6 Å². The van der Waals surface area contributed by atoms with Crippen molar-refractivity contribution in [2.24, 2.45) is 0 Å². The van der Waals surface area contributed by atoms with Gasteiger partial charge >= 0.3 is 0 Å². The maximum Gasteiger partial charge on any atom is 0.144 e. The maximum absolute atomic E-state index is 13.0. The first-order valence-corrected chi connectivity index (χ1v) is 5.34. The van der Waals surface area contributed by atoms with Gasteiger partial charge in [-0.2, -0.15) is 0 Å². The van der Waals surface area contributed by atoms with Crippen LogP contribution in [-0.4, -0.2) is 4.98 Å². The molecule has 4 heteroatoms. The lowest BCUT2D eigenvalue weighted by Crippen LogP contribution is -2.01. The zero-order valence-corrected chi connectivity index (χ0v) is 8.51. The van der Waals surface area contributed by atoms with Crippen molar-refractivity contribution in [1.29, 1.82) is 0 Å². The van der Waals surface area contributed by atoms with Crippen LogP contribution in [-0.2, 0) is 0 Å². The molecule has 3 rings (SSSR count). The first kappa shape index (κ1) is 8.73. The van der Waals surface area contributed by atoms with E-state index in [0.717, 1.165) is 21.3 Å². The number of nitrogens with one attached hydrogen (secondary N) is 1. The van der Waals surface area contributed by atoms with Gasteiger partial charge in [-0.25, -0.2) is 9.37 Å². The van der Waals surface area contributed by atoms with Gasteiger partial charge in [-0.1, -0.05) is 11.8 Å². The van der Waals surface area contributed by atoms with Crippen LogP contribution in [0.3, 0.4) is 0 Å². The fourth-order valence-corrected chi connectivity index (χ4v) is 2.44. The molecule has 1 aliphatic heterocycles. The normalized spacial score (nSPS) is 12.6. The summed E-state index contributed by atoms with van der Waals surface area (Å²) in [6, 6.07) is 8.61. The summed E-state index contributed by atoms with van der Waals surface area (Å²) in [6.45, 7) is 0. The van der Waals surface area contributed by atoms with Crippen LogP contribution in [0.4, 0.5) is 15.9 Å². The molecule has 1 aromatic carbocycles. The molecule has 1 aromatic heterocycles. The minimum Gasteiger partial charge on any atom is -0.338 e. The molecule has 0 unspecified atom stereocenters. The zero-order chi connectivity index (χ0) is 10.3. The Morgan fingerprint density at radius 3 is 3.07 bits per heavy atom. The predicted octanol–water partition coefficient (Wildman–Crippen LogP) is 3.43. The minimum absolute atomic E-state index is 0.235. The third-order valence-electron chi connectivity index (χ3n) is 2.19. The van der Waals surface area contributed by atoms with Crippen LogP contribution in [0.5, 0.6) is 0 Å². The van der Waals surface area contributed by atoms with E-state index >= 15 is 0 Å². The van der Waals surface area contributed by atoms with Crippen LogP contribution >= 0.6 is 11.8 Å². The van der Waals surface area contributed by atoms with E-state index in [0.29, 0.717) is 0 Å². The molecule has 74 valence electrons. The van der Waals surface area contributed by atoms with Gasteiger partial charge in [0.15, 0.2) is 0 Å². The van der Waals surface area contributed by atoms with Crippen molar-refractivity contribution < 1.29 is 4.39 Å². The van der Waals surface area contributed by atoms with E-state index in [1.54, 1.807) is 24.0 Å². The molecular formula is C11H7FN2S. The fraction of sp³-hybridized carbons (Fsp3) is 0. The second-order valence-electron chi connectivity index (χ2n) is 3.22. The van der Waals surface area contributed by atoms with Crippen molar-refractivity contribution in [2.75, 3.05) is 5.32 Å². The van der Waals surface area contributed by atoms with Crippen molar-refractivity contribution in [3.8, 4) is 0 Å². The molecule has 0 atom stereocenters. The molecule has 0 spiro atoms. The minimum atomic E-state index is -0.235. The Balaban J connectivity index is 2.11. The third-order valence-corrected chi connectivity index (χ3v) is 3.31. The Bertz CT molecular complexity index is 528. The van der Waals surface area contributed by atoms with Gasteiger partial charge in [-0.15, -0.1) is 0 Å². The molecule has 0 bridgehead atoms. The first-order valence-electron chi connectivity index (χ1n) is 4.52. The summed E-state index contributed by atoms with van der Waals surface area (Å²) < 4.78 is 13.0. The van der Waals surface area contributed by atoms with E-state index in [-0.39, 0.29) is 5.82 Å². The summed E-state index contributed by atoms with van der Waals surface area (Å²) in [6.07, 6.45) is 1.72. The number of nitrogens with zero attached hydrogens (tertiary/aromatic N) is 1. The van der Waals surface area contributed by atoms with E-state index in [2.05, 4.69) is 10.3 Å². The summed E-state index contributed by atoms with van der Waals surface area (Å²) in [5, 5.41) is 3.11. The number of fused-ring (bicyclic) bond motifs is 2. The van der Waals surface area contributed by atoms with Crippen LogP contribution in [0.2, 0.25) is 0 Å². The number of hydrogen-bond donors (Lipinski definition) is 1. The molecular weight excluding hydrogens is 211 g/mol. The summed E-state index contributed by atoms with van der Waals surface area (Å²) >= 11 is 1.60. The number of hydrogen-bond acceptors (Lipinski definition) is 3. The molecule has 1 aliphatic rings. The Kier molecular flexibility index (Phi) is 1.89. The lowest BCUT2D eigenvalue weighted by molar-refractivity contribution is 0.627. The molecule has 2 heterocycles. The standard InChI is InChI=1S/C11H7FN2S/c12-7-3-4-9-8(6-7)14-11-10(15-9)2-1-5-13-11/h1-6H,(H,13,14). The summed E-state index contributed by atoms with van der Waals surface area (Å²) in [4.78, 5) is 6.28. The molecule has 0 fully saturated rings. The molecule has 2 nitrogen and oxygen atoms in total. The molecule has 1 N–H and O–H groups in total. The van der Waals surface area contributed by atoms with Crippen LogP contribution in [0.25, 0.3) is 0 Å². The molecule has 0 saturated heterocycles. The second kappa shape index (κ2) is 3.24. The van der Waals surface area contributed by atoms with Crippen LogP contribution in [0.15, 0.2) is 46.3 Å². The topological polar surface area (TPSA) is 24.9 Å². The number of aromatic nitrogens is 1. The summed E-state index contributed by atoms with van der Waals surface area (Å²) in [5.74, 6) is 0.557. The predicted molar refractivity (Wildman–Crippen MR) is 58.0 cm³/mol. The highest BCUT2D eigenvalue weighted by molar-refractivity contribution is 7.99. The third kappa shape index (κ3) is 1.47. The number of pyridine rings is 1. The lowest BCUT2D eigenvalue weighted by Gasteiger charge is -2.19. The van der Waals surface area contributed by atoms with Gasteiger partial charge in [0.1, 0.15) is 11.6 Å². The average molecular weight is 218 g/mol. The van der Waals surface area contributed by atoms with E-state index < -0.39 is 0 Å². The molecule has 0 amide bonds. The van der Waals surface area contributed by atoms with Crippen LogP contribution < -0.4 is 5.32 Å². The van der Waals surface area contributed by atoms with Crippen molar-refractivity contribution in [3.05, 3.63) is 42.3 Å². The largest absolute Gasteiger partial charge is 0.338 e. The molecule has 15 heavy (non-hydrogen) atoms. The Labute approximate surface area is 90.5 Å². The zero-order valence-electron chi connectivity index (χ0n) is 7.70. The fourth-order valence-electron chi connectivity index (χ4n) is 1.50. The van der Waals surface area contributed by atoms with E-state index in [4.69, 9.17) is 0 Å². The van der Waals surface area contributed by atoms with E-state index in [1.165, 1.54) is 12.1 Å². The molecule has 2 aromatic rings. The second-order valence-corrected chi connectivity index (χ2v) is 4.30. The van der Waals surface area contributed by atoms with Gasteiger partial charge in [0.2, 0.25) is 0 Å². The Hall–Kier alpha value is -1.55. The van der Waals surface area contributed by atoms with Gasteiger partial charge in [-0.05, 0) is 30.3 Å².